The molecule has 2 heterocycles. The van der Waals surface area contributed by atoms with Crippen LogP contribution in [0.5, 0.6) is 0 Å². The Morgan fingerprint density at radius 3 is 2.64 bits per heavy atom. The zero-order valence-electron chi connectivity index (χ0n) is 15.2. The van der Waals surface area contributed by atoms with E-state index >= 15 is 0 Å². The maximum absolute atomic E-state index is 5.86. The topological polar surface area (TPSA) is 92.0 Å². The Kier molecular flexibility index (Phi) is 6.89. The van der Waals surface area contributed by atoms with E-state index in [0.29, 0.717) is 11.7 Å². The summed E-state index contributed by atoms with van der Waals surface area (Å²) in [6, 6.07) is 8.38. The Balaban J connectivity index is 0.000000701. The molecule has 1 aliphatic heterocycles. The fourth-order valence-corrected chi connectivity index (χ4v) is 2.96. The largest absolute Gasteiger partial charge is 0.390 e. The highest BCUT2D eigenvalue weighted by atomic mass is 16.5. The van der Waals surface area contributed by atoms with Gasteiger partial charge in [-0.25, -0.2) is 0 Å². The van der Waals surface area contributed by atoms with Crippen molar-refractivity contribution < 1.29 is 4.52 Å². The van der Waals surface area contributed by atoms with Gasteiger partial charge >= 0.3 is 0 Å². The Bertz CT molecular complexity index is 705. The van der Waals surface area contributed by atoms with Crippen LogP contribution in [0, 0.1) is 5.41 Å². The molecule has 0 amide bonds. The molecule has 1 unspecified atom stereocenters. The Morgan fingerprint density at radius 1 is 1.40 bits per heavy atom. The molecule has 1 saturated heterocycles. The molecule has 6 heteroatoms. The number of nitrogens with one attached hydrogen (secondary N) is 1. The summed E-state index contributed by atoms with van der Waals surface area (Å²) in [6.45, 7) is 6.39. The summed E-state index contributed by atoms with van der Waals surface area (Å²) in [5.74, 6) is 1.83. The molecule has 25 heavy (non-hydrogen) atoms. The van der Waals surface area contributed by atoms with E-state index in [9.17, 15) is 0 Å². The number of hydrogen-bond donors (Lipinski definition) is 2. The normalized spacial score (nSPS) is 17.9. The quantitative estimate of drug-likeness (QED) is 0.656. The molecule has 1 aliphatic rings. The lowest BCUT2D eigenvalue weighted by atomic mass is 10.0. The first-order valence-electron chi connectivity index (χ1n) is 8.59. The fourth-order valence-electron chi connectivity index (χ4n) is 2.96. The average molecular weight is 341 g/mol. The third-order valence-corrected chi connectivity index (χ3v) is 4.29. The van der Waals surface area contributed by atoms with Gasteiger partial charge in [-0.05, 0) is 44.5 Å². The van der Waals surface area contributed by atoms with Crippen LogP contribution in [0.2, 0.25) is 0 Å². The zero-order chi connectivity index (χ0) is 18.2. The SMILES string of the molecule is CC/C=C(\C)c1ccc(-c2noc(C3CCN(C)C3)n2)cc1.N=CN. The van der Waals surface area contributed by atoms with E-state index in [0.717, 1.165) is 43.7 Å². The van der Waals surface area contributed by atoms with E-state index in [1.54, 1.807) is 0 Å². The van der Waals surface area contributed by atoms with Crippen LogP contribution in [-0.2, 0) is 0 Å². The zero-order valence-corrected chi connectivity index (χ0v) is 15.2. The number of likely N-dealkylation sites (tertiary alicyclic amines) is 1. The number of benzene rings is 1. The van der Waals surface area contributed by atoms with Gasteiger partial charge in [0.15, 0.2) is 0 Å². The van der Waals surface area contributed by atoms with E-state index in [1.807, 2.05) is 0 Å². The van der Waals surface area contributed by atoms with Gasteiger partial charge in [0.25, 0.3) is 0 Å². The van der Waals surface area contributed by atoms with Crippen molar-refractivity contribution in [3.05, 3.63) is 41.8 Å². The lowest BCUT2D eigenvalue weighted by Gasteiger charge is -2.05. The van der Waals surface area contributed by atoms with Gasteiger partial charge in [-0.3, -0.25) is 5.41 Å². The number of nitrogens with two attached hydrogens (primary N) is 1. The summed E-state index contributed by atoms with van der Waals surface area (Å²) < 4.78 is 5.47. The first-order valence-corrected chi connectivity index (χ1v) is 8.59. The molecule has 3 N–H and O–H groups in total. The molecule has 0 aliphatic carbocycles. The van der Waals surface area contributed by atoms with Gasteiger partial charge in [-0.1, -0.05) is 42.4 Å². The molecule has 1 atom stereocenters. The summed E-state index contributed by atoms with van der Waals surface area (Å²) in [5, 5.41) is 10.0. The molecule has 1 aromatic carbocycles. The van der Waals surface area contributed by atoms with Crippen LogP contribution in [0.3, 0.4) is 0 Å². The smallest absolute Gasteiger partial charge is 0.231 e. The lowest BCUT2D eigenvalue weighted by molar-refractivity contribution is 0.345. The van der Waals surface area contributed by atoms with Gasteiger partial charge < -0.3 is 15.2 Å². The second kappa shape index (κ2) is 9.13. The monoisotopic (exact) mass is 341 g/mol. The third kappa shape index (κ3) is 5.00. The second-order valence-electron chi connectivity index (χ2n) is 6.24. The molecule has 0 saturated carbocycles. The van der Waals surface area contributed by atoms with Crippen molar-refractivity contribution in [3.8, 4) is 11.4 Å². The Labute approximate surface area is 149 Å². The standard InChI is InChI=1S/C18H23N3O.CH4N2/c1-4-5-13(2)14-6-8-15(9-7-14)17-19-18(22-20-17)16-10-11-21(3)12-16;2-1-3/h5-9,16H,4,10-12H2,1-3H3;1H,(H3,2,3)/b13-5+;. The maximum Gasteiger partial charge on any atom is 0.231 e. The van der Waals surface area contributed by atoms with Crippen molar-refractivity contribution in [2.45, 2.75) is 32.6 Å². The van der Waals surface area contributed by atoms with E-state index in [4.69, 9.17) is 9.93 Å². The number of hydrogen-bond acceptors (Lipinski definition) is 5. The van der Waals surface area contributed by atoms with Crippen LogP contribution in [-0.4, -0.2) is 41.5 Å². The van der Waals surface area contributed by atoms with Crippen LogP contribution >= 0.6 is 0 Å². The molecule has 1 fully saturated rings. The summed E-state index contributed by atoms with van der Waals surface area (Å²) in [6.07, 6.45) is 5.13. The molecular weight excluding hydrogens is 314 g/mol. The first kappa shape index (κ1) is 18.9. The Hall–Kier alpha value is -2.47. The predicted octanol–water partition coefficient (Wildman–Crippen LogP) is 3.52. The minimum absolute atomic E-state index is 0.375. The molecule has 6 nitrogen and oxygen atoms in total. The second-order valence-corrected chi connectivity index (χ2v) is 6.24. The molecule has 134 valence electrons. The van der Waals surface area contributed by atoms with E-state index in [1.165, 1.54) is 11.1 Å². The number of nitrogens with zero attached hydrogens (tertiary/aromatic N) is 3. The summed E-state index contributed by atoms with van der Waals surface area (Å²) in [5.41, 5.74) is 7.94. The van der Waals surface area contributed by atoms with Crippen LogP contribution in [0.15, 0.2) is 34.9 Å². The highest BCUT2D eigenvalue weighted by Crippen LogP contribution is 2.27. The summed E-state index contributed by atoms with van der Waals surface area (Å²) in [7, 11) is 2.13. The van der Waals surface area contributed by atoms with Crippen molar-refractivity contribution in [2.24, 2.45) is 5.73 Å². The fraction of sp³-hybridized carbons (Fsp3) is 0.421. The molecular formula is C19H27N5O. The van der Waals surface area contributed by atoms with Gasteiger partial charge in [-0.2, -0.15) is 4.98 Å². The molecule has 3 rings (SSSR count). The van der Waals surface area contributed by atoms with Gasteiger partial charge in [0.05, 0.1) is 12.3 Å². The van der Waals surface area contributed by atoms with E-state index in [-0.39, 0.29) is 0 Å². The molecule has 0 spiro atoms. The van der Waals surface area contributed by atoms with Crippen molar-refractivity contribution in [2.75, 3.05) is 20.1 Å². The Morgan fingerprint density at radius 2 is 2.08 bits per heavy atom. The minimum Gasteiger partial charge on any atom is -0.390 e. The number of rotatable bonds is 4. The number of allylic oxidation sites excluding steroid dienone is 2. The number of likely N-dealkylation sites (N-methyl/N-ethyl adjacent to an activating group) is 1. The average Bonchev–Trinajstić information content (AvgIpc) is 3.25. The first-order chi connectivity index (χ1) is 12.1. The molecule has 2 aromatic rings. The summed E-state index contributed by atoms with van der Waals surface area (Å²) in [4.78, 5) is 6.89. The van der Waals surface area contributed by atoms with Crippen LogP contribution in [0.25, 0.3) is 17.0 Å². The van der Waals surface area contributed by atoms with Crippen molar-refractivity contribution >= 4 is 11.9 Å². The van der Waals surface area contributed by atoms with Crippen molar-refractivity contribution in [1.82, 2.24) is 15.0 Å². The highest BCUT2D eigenvalue weighted by molar-refractivity contribution is 5.66. The van der Waals surface area contributed by atoms with Gasteiger partial charge in [-0.15, -0.1) is 0 Å². The molecule has 1 aromatic heterocycles. The van der Waals surface area contributed by atoms with Crippen LogP contribution < -0.4 is 5.73 Å². The highest BCUT2D eigenvalue weighted by Gasteiger charge is 2.26. The van der Waals surface area contributed by atoms with Crippen molar-refractivity contribution in [3.63, 3.8) is 0 Å². The van der Waals surface area contributed by atoms with Gasteiger partial charge in [0.2, 0.25) is 11.7 Å². The lowest BCUT2D eigenvalue weighted by Crippen LogP contribution is -2.13. The maximum atomic E-state index is 5.86. The van der Waals surface area contributed by atoms with Gasteiger partial charge in [0, 0.05) is 12.1 Å². The molecule has 0 bridgehead atoms. The number of aromatic nitrogens is 2. The van der Waals surface area contributed by atoms with Crippen LogP contribution in [0.4, 0.5) is 0 Å². The van der Waals surface area contributed by atoms with Crippen molar-refractivity contribution in [1.29, 1.82) is 5.41 Å². The predicted molar refractivity (Wildman–Crippen MR) is 102 cm³/mol. The van der Waals surface area contributed by atoms with E-state index < -0.39 is 0 Å². The van der Waals surface area contributed by atoms with E-state index in [2.05, 4.69) is 72.0 Å². The minimum atomic E-state index is 0.375. The van der Waals surface area contributed by atoms with Crippen LogP contribution in [0.1, 0.15) is 44.1 Å². The molecule has 0 radical (unpaired) electrons. The third-order valence-electron chi connectivity index (χ3n) is 4.29. The summed E-state index contributed by atoms with van der Waals surface area (Å²) >= 11 is 0. The van der Waals surface area contributed by atoms with Gasteiger partial charge in [0.1, 0.15) is 0 Å².